The first-order valence-corrected chi connectivity index (χ1v) is 7.19. The molecule has 0 saturated heterocycles. The fourth-order valence-electron chi connectivity index (χ4n) is 2.75. The van der Waals surface area contributed by atoms with Gasteiger partial charge in [-0.25, -0.2) is 13.2 Å². The molecule has 0 bridgehead atoms. The summed E-state index contributed by atoms with van der Waals surface area (Å²) in [5, 5.41) is 0. The van der Waals surface area contributed by atoms with Gasteiger partial charge in [-0.05, 0) is 43.2 Å². The van der Waals surface area contributed by atoms with Crippen molar-refractivity contribution in [1.29, 1.82) is 0 Å². The molecular weight excluding hydrogens is 265 g/mol. The lowest BCUT2D eigenvalue weighted by Crippen LogP contribution is -2.19. The Morgan fingerprint density at radius 1 is 1.20 bits per heavy atom. The molecule has 20 heavy (non-hydrogen) atoms. The molecule has 2 rings (SSSR count). The minimum Gasteiger partial charge on any atom is -0.490 e. The molecule has 0 radical (unpaired) electrons. The van der Waals surface area contributed by atoms with Gasteiger partial charge in [-0.3, -0.25) is 0 Å². The number of benzene rings is 1. The lowest BCUT2D eigenvalue weighted by Gasteiger charge is -2.26. The summed E-state index contributed by atoms with van der Waals surface area (Å²) in [7, 11) is 0. The van der Waals surface area contributed by atoms with Crippen LogP contribution < -0.4 is 4.74 Å². The molecule has 1 aliphatic carbocycles. The quantitative estimate of drug-likeness (QED) is 0.732. The fourth-order valence-corrected chi connectivity index (χ4v) is 2.75. The molecule has 0 heterocycles. The van der Waals surface area contributed by atoms with Crippen molar-refractivity contribution >= 4 is 0 Å². The van der Waals surface area contributed by atoms with Crippen LogP contribution in [0, 0.1) is 24.6 Å². The zero-order valence-electron chi connectivity index (χ0n) is 12.0. The minimum absolute atomic E-state index is 0.0514. The molecule has 4 heteroatoms. The summed E-state index contributed by atoms with van der Waals surface area (Å²) in [6.45, 7) is 4.12. The Morgan fingerprint density at radius 2 is 1.85 bits per heavy atom. The second-order valence-corrected chi connectivity index (χ2v) is 5.85. The van der Waals surface area contributed by atoms with Gasteiger partial charge >= 0.3 is 0 Å². The van der Waals surface area contributed by atoms with E-state index in [1.165, 1.54) is 19.1 Å². The third-order valence-electron chi connectivity index (χ3n) is 4.19. The average molecular weight is 286 g/mol. The topological polar surface area (TPSA) is 9.23 Å². The van der Waals surface area contributed by atoms with E-state index in [2.05, 4.69) is 6.92 Å². The number of hydrogen-bond donors (Lipinski definition) is 0. The van der Waals surface area contributed by atoms with Crippen LogP contribution in [0.5, 0.6) is 5.75 Å². The Balaban J connectivity index is 2.01. The summed E-state index contributed by atoms with van der Waals surface area (Å²) < 4.78 is 45.1. The van der Waals surface area contributed by atoms with Crippen molar-refractivity contribution in [3.8, 4) is 5.75 Å². The maximum Gasteiger partial charge on any atom is 0.267 e. The van der Waals surface area contributed by atoms with Gasteiger partial charge in [-0.1, -0.05) is 25.8 Å². The molecule has 1 saturated carbocycles. The van der Waals surface area contributed by atoms with E-state index in [1.807, 2.05) is 0 Å². The van der Waals surface area contributed by atoms with Gasteiger partial charge in [0.25, 0.3) is 6.43 Å². The van der Waals surface area contributed by atoms with Crippen LogP contribution in [0.25, 0.3) is 0 Å². The van der Waals surface area contributed by atoms with E-state index in [-0.39, 0.29) is 11.3 Å². The van der Waals surface area contributed by atoms with E-state index >= 15 is 0 Å². The van der Waals surface area contributed by atoms with E-state index in [0.29, 0.717) is 12.5 Å². The molecule has 1 aliphatic rings. The summed E-state index contributed by atoms with van der Waals surface area (Å²) in [6, 6.07) is 2.94. The highest BCUT2D eigenvalue weighted by Crippen LogP contribution is 2.33. The largest absolute Gasteiger partial charge is 0.490 e. The third-order valence-corrected chi connectivity index (χ3v) is 4.19. The van der Waals surface area contributed by atoms with Gasteiger partial charge in [0.2, 0.25) is 0 Å². The van der Waals surface area contributed by atoms with Crippen LogP contribution in [0.1, 0.15) is 50.2 Å². The molecule has 112 valence electrons. The van der Waals surface area contributed by atoms with Gasteiger partial charge < -0.3 is 4.74 Å². The standard InChI is InChI=1S/C16H21F3O/c1-10-3-6-12(7-4-10)9-20-13-8-5-11(2)14(15(13)17)16(18)19/h5,8,10,12,16H,3-4,6-7,9H2,1-2H3. The molecule has 1 nitrogen and oxygen atoms in total. The number of hydrogen-bond acceptors (Lipinski definition) is 1. The van der Waals surface area contributed by atoms with E-state index in [1.54, 1.807) is 0 Å². The van der Waals surface area contributed by atoms with Crippen molar-refractivity contribution in [3.05, 3.63) is 29.1 Å². The van der Waals surface area contributed by atoms with Crippen LogP contribution in [0.3, 0.4) is 0 Å². The lowest BCUT2D eigenvalue weighted by atomic mass is 9.83. The second-order valence-electron chi connectivity index (χ2n) is 5.85. The normalized spacial score (nSPS) is 23.1. The smallest absolute Gasteiger partial charge is 0.267 e. The Kier molecular flexibility index (Phi) is 4.95. The monoisotopic (exact) mass is 286 g/mol. The van der Waals surface area contributed by atoms with Gasteiger partial charge in [0, 0.05) is 0 Å². The predicted molar refractivity (Wildman–Crippen MR) is 72.7 cm³/mol. The molecule has 1 fully saturated rings. The molecular formula is C16H21F3O. The van der Waals surface area contributed by atoms with Crippen LogP contribution >= 0.6 is 0 Å². The van der Waals surface area contributed by atoms with Gasteiger partial charge in [-0.2, -0.15) is 0 Å². The van der Waals surface area contributed by atoms with Crippen molar-refractivity contribution in [2.24, 2.45) is 11.8 Å². The number of ether oxygens (including phenoxy) is 1. The zero-order valence-corrected chi connectivity index (χ0v) is 12.0. The van der Waals surface area contributed by atoms with Crippen LogP contribution in [-0.2, 0) is 0 Å². The van der Waals surface area contributed by atoms with Crippen molar-refractivity contribution in [2.45, 2.75) is 46.0 Å². The molecule has 1 aromatic carbocycles. The number of rotatable bonds is 4. The summed E-state index contributed by atoms with van der Waals surface area (Å²) in [5.74, 6) is 0.184. The minimum atomic E-state index is -2.81. The Labute approximate surface area is 118 Å². The van der Waals surface area contributed by atoms with Gasteiger partial charge in [0.05, 0.1) is 12.2 Å². The molecule has 0 spiro atoms. The number of halogens is 3. The third kappa shape index (κ3) is 3.47. The van der Waals surface area contributed by atoms with Crippen molar-refractivity contribution in [2.75, 3.05) is 6.61 Å². The molecule has 0 atom stereocenters. The van der Waals surface area contributed by atoms with Crippen LogP contribution in [0.4, 0.5) is 13.2 Å². The van der Waals surface area contributed by atoms with E-state index in [4.69, 9.17) is 4.74 Å². The number of alkyl halides is 2. The van der Waals surface area contributed by atoms with Gasteiger partial charge in [-0.15, -0.1) is 0 Å². The van der Waals surface area contributed by atoms with E-state index < -0.39 is 17.8 Å². The van der Waals surface area contributed by atoms with Crippen molar-refractivity contribution in [1.82, 2.24) is 0 Å². The van der Waals surface area contributed by atoms with Crippen LogP contribution in [0.2, 0.25) is 0 Å². The van der Waals surface area contributed by atoms with E-state index in [0.717, 1.165) is 31.6 Å². The SMILES string of the molecule is Cc1ccc(OCC2CCC(C)CC2)c(F)c1C(F)F. The summed E-state index contributed by atoms with van der Waals surface area (Å²) in [4.78, 5) is 0. The Bertz CT molecular complexity index is 451. The molecule has 0 amide bonds. The van der Waals surface area contributed by atoms with Crippen molar-refractivity contribution < 1.29 is 17.9 Å². The Morgan fingerprint density at radius 3 is 2.45 bits per heavy atom. The second kappa shape index (κ2) is 6.51. The molecule has 0 N–H and O–H groups in total. The number of aryl methyl sites for hydroxylation is 1. The van der Waals surface area contributed by atoms with Crippen molar-refractivity contribution in [3.63, 3.8) is 0 Å². The highest BCUT2D eigenvalue weighted by Gasteiger charge is 2.22. The maximum absolute atomic E-state index is 14.0. The molecule has 0 aliphatic heterocycles. The summed E-state index contributed by atoms with van der Waals surface area (Å²) in [5.41, 5.74) is -0.281. The van der Waals surface area contributed by atoms with Gasteiger partial charge in [0.15, 0.2) is 11.6 Å². The van der Waals surface area contributed by atoms with Gasteiger partial charge in [0.1, 0.15) is 0 Å². The zero-order chi connectivity index (χ0) is 14.7. The summed E-state index contributed by atoms with van der Waals surface area (Å²) >= 11 is 0. The maximum atomic E-state index is 14.0. The summed E-state index contributed by atoms with van der Waals surface area (Å²) in [6.07, 6.45) is 1.64. The van der Waals surface area contributed by atoms with Crippen LogP contribution in [-0.4, -0.2) is 6.61 Å². The highest BCUT2D eigenvalue weighted by atomic mass is 19.3. The van der Waals surface area contributed by atoms with Crippen LogP contribution in [0.15, 0.2) is 12.1 Å². The molecule has 1 aromatic rings. The highest BCUT2D eigenvalue weighted by molar-refractivity contribution is 5.37. The molecule has 0 unspecified atom stereocenters. The average Bonchev–Trinajstić information content (AvgIpc) is 2.39. The first-order chi connectivity index (χ1) is 9.49. The Hall–Kier alpha value is -1.19. The van der Waals surface area contributed by atoms with E-state index in [9.17, 15) is 13.2 Å². The first-order valence-electron chi connectivity index (χ1n) is 7.19. The fraction of sp³-hybridized carbons (Fsp3) is 0.625. The predicted octanol–water partition coefficient (Wildman–Crippen LogP) is 5.28. The first kappa shape index (κ1) is 15.2. The molecule has 0 aromatic heterocycles. The lowest BCUT2D eigenvalue weighted by molar-refractivity contribution is 0.142.